The van der Waals surface area contributed by atoms with Crippen LogP contribution >= 0.6 is 0 Å². The highest BCUT2D eigenvalue weighted by atomic mass is 32.2. The molecular weight excluding hydrogens is 260 g/mol. The topological polar surface area (TPSA) is 58.2 Å². The molecule has 4 nitrogen and oxygen atoms in total. The van der Waals surface area contributed by atoms with Gasteiger partial charge in [-0.05, 0) is 43.4 Å². The van der Waals surface area contributed by atoms with Crippen LogP contribution in [0.2, 0.25) is 0 Å². The highest BCUT2D eigenvalue weighted by Crippen LogP contribution is 2.22. The van der Waals surface area contributed by atoms with E-state index >= 15 is 0 Å². The molecule has 0 amide bonds. The third-order valence-electron chi connectivity index (χ3n) is 3.83. The van der Waals surface area contributed by atoms with Gasteiger partial charge in [-0.3, -0.25) is 0 Å². The highest BCUT2D eigenvalue weighted by Gasteiger charge is 2.24. The zero-order chi connectivity index (χ0) is 13.3. The average molecular weight is 280 g/mol. The third-order valence-corrected chi connectivity index (χ3v) is 5.37. The molecule has 0 unspecified atom stereocenters. The van der Waals surface area contributed by atoms with Gasteiger partial charge in [0.05, 0.1) is 4.90 Å². The summed E-state index contributed by atoms with van der Waals surface area (Å²) in [6.07, 6.45) is 5.57. The normalized spacial score (nSPS) is 20.2. The minimum absolute atomic E-state index is 0.140. The minimum Gasteiger partial charge on any atom is -0.310 e. The second kappa shape index (κ2) is 5.23. The van der Waals surface area contributed by atoms with E-state index in [2.05, 4.69) is 10.0 Å². The lowest BCUT2D eigenvalue weighted by Gasteiger charge is -2.26. The van der Waals surface area contributed by atoms with Crippen LogP contribution in [0.4, 0.5) is 0 Å². The molecule has 0 atom stereocenters. The number of hydrogen-bond acceptors (Lipinski definition) is 3. The Labute approximate surface area is 114 Å². The zero-order valence-corrected chi connectivity index (χ0v) is 11.7. The molecule has 0 heterocycles. The van der Waals surface area contributed by atoms with Crippen molar-refractivity contribution in [3.63, 3.8) is 0 Å². The molecular formula is C14H20N2O2S. The summed E-state index contributed by atoms with van der Waals surface area (Å²) in [4.78, 5) is 0.370. The maximum absolute atomic E-state index is 12.1. The predicted octanol–water partition coefficient (Wildman–Crippen LogP) is 1.77. The van der Waals surface area contributed by atoms with Gasteiger partial charge in [0.25, 0.3) is 0 Å². The molecule has 19 heavy (non-hydrogen) atoms. The number of nitrogens with one attached hydrogen (secondary N) is 2. The second-order valence-electron chi connectivity index (χ2n) is 5.55. The molecule has 0 aliphatic heterocycles. The predicted molar refractivity (Wildman–Crippen MR) is 74.3 cm³/mol. The van der Waals surface area contributed by atoms with Crippen LogP contribution in [-0.4, -0.2) is 20.5 Å². The number of hydrogen-bond donors (Lipinski definition) is 2. The minimum atomic E-state index is -3.33. The van der Waals surface area contributed by atoms with Crippen molar-refractivity contribution in [3.05, 3.63) is 29.8 Å². The van der Waals surface area contributed by atoms with E-state index in [0.29, 0.717) is 10.9 Å². The van der Waals surface area contributed by atoms with Gasteiger partial charge in [0.2, 0.25) is 10.0 Å². The Bertz CT molecular complexity index is 531. The third kappa shape index (κ3) is 3.35. The lowest BCUT2D eigenvalue weighted by Crippen LogP contribution is -2.39. The van der Waals surface area contributed by atoms with Crippen molar-refractivity contribution >= 4 is 10.0 Å². The molecule has 2 saturated carbocycles. The fourth-order valence-corrected chi connectivity index (χ4v) is 3.45. The Kier molecular flexibility index (Phi) is 3.60. The fraction of sp³-hybridized carbons (Fsp3) is 0.571. The molecule has 1 aromatic carbocycles. The first kappa shape index (κ1) is 13.1. The van der Waals surface area contributed by atoms with Crippen LogP contribution in [0.3, 0.4) is 0 Å². The van der Waals surface area contributed by atoms with Gasteiger partial charge in [0.15, 0.2) is 0 Å². The van der Waals surface area contributed by atoms with Gasteiger partial charge < -0.3 is 5.32 Å². The molecule has 0 spiro atoms. The van der Waals surface area contributed by atoms with E-state index in [1.54, 1.807) is 12.1 Å². The number of sulfonamides is 1. The molecule has 3 rings (SSSR count). The largest absolute Gasteiger partial charge is 0.310 e. The van der Waals surface area contributed by atoms with Crippen LogP contribution in [0, 0.1) is 0 Å². The van der Waals surface area contributed by atoms with Crippen molar-refractivity contribution in [1.29, 1.82) is 0 Å². The lowest BCUT2D eigenvalue weighted by molar-refractivity contribution is 0.383. The molecule has 5 heteroatoms. The molecule has 104 valence electrons. The summed E-state index contributed by atoms with van der Waals surface area (Å²) in [5, 5.41) is 3.42. The Morgan fingerprint density at radius 3 is 2.21 bits per heavy atom. The fourth-order valence-electron chi connectivity index (χ4n) is 2.15. The SMILES string of the molecule is O=S(=O)(NC1CCC1)c1ccc(CNC2CC2)cc1. The van der Waals surface area contributed by atoms with E-state index in [4.69, 9.17) is 0 Å². The summed E-state index contributed by atoms with van der Waals surface area (Å²) >= 11 is 0. The smallest absolute Gasteiger partial charge is 0.240 e. The summed E-state index contributed by atoms with van der Waals surface area (Å²) in [6.45, 7) is 0.820. The van der Waals surface area contributed by atoms with Gasteiger partial charge in [-0.15, -0.1) is 0 Å². The second-order valence-corrected chi connectivity index (χ2v) is 7.26. The molecule has 0 aromatic heterocycles. The van der Waals surface area contributed by atoms with E-state index in [-0.39, 0.29) is 6.04 Å². The van der Waals surface area contributed by atoms with Crippen LogP contribution in [0.25, 0.3) is 0 Å². The van der Waals surface area contributed by atoms with Gasteiger partial charge >= 0.3 is 0 Å². The number of rotatable bonds is 6. The van der Waals surface area contributed by atoms with E-state index in [9.17, 15) is 8.42 Å². The zero-order valence-electron chi connectivity index (χ0n) is 10.9. The van der Waals surface area contributed by atoms with Crippen LogP contribution < -0.4 is 10.0 Å². The Hall–Kier alpha value is -0.910. The van der Waals surface area contributed by atoms with Crippen LogP contribution in [0.15, 0.2) is 29.2 Å². The van der Waals surface area contributed by atoms with Crippen LogP contribution in [0.1, 0.15) is 37.7 Å². The van der Waals surface area contributed by atoms with Crippen LogP contribution in [-0.2, 0) is 16.6 Å². The maximum Gasteiger partial charge on any atom is 0.240 e. The van der Waals surface area contributed by atoms with Gasteiger partial charge in [-0.25, -0.2) is 13.1 Å². The van der Waals surface area contributed by atoms with Crippen molar-refractivity contribution in [3.8, 4) is 0 Å². The standard InChI is InChI=1S/C14H20N2O2S/c17-19(18,16-13-2-1-3-13)14-8-4-11(5-9-14)10-15-12-6-7-12/h4-5,8-9,12-13,15-16H,1-3,6-7,10H2. The van der Waals surface area contributed by atoms with Gasteiger partial charge in [-0.1, -0.05) is 18.6 Å². The first-order chi connectivity index (χ1) is 9.13. The number of benzene rings is 1. The lowest BCUT2D eigenvalue weighted by atomic mass is 9.94. The van der Waals surface area contributed by atoms with E-state index < -0.39 is 10.0 Å². The summed E-state index contributed by atoms with van der Waals surface area (Å²) < 4.78 is 26.9. The molecule has 0 saturated heterocycles. The average Bonchev–Trinajstić information content (AvgIpc) is 3.16. The first-order valence-electron chi connectivity index (χ1n) is 6.98. The Morgan fingerprint density at radius 1 is 1.00 bits per heavy atom. The van der Waals surface area contributed by atoms with Gasteiger partial charge in [0, 0.05) is 18.6 Å². The molecule has 1 aromatic rings. The summed E-state index contributed by atoms with van der Waals surface area (Å²) in [5.74, 6) is 0. The molecule has 2 aliphatic rings. The highest BCUT2D eigenvalue weighted by molar-refractivity contribution is 7.89. The molecule has 0 bridgehead atoms. The van der Waals surface area contributed by atoms with Crippen molar-refractivity contribution < 1.29 is 8.42 Å². The maximum atomic E-state index is 12.1. The van der Waals surface area contributed by atoms with Crippen molar-refractivity contribution in [2.24, 2.45) is 0 Å². The molecule has 2 N–H and O–H groups in total. The van der Waals surface area contributed by atoms with Crippen molar-refractivity contribution in [2.45, 2.75) is 55.6 Å². The van der Waals surface area contributed by atoms with Crippen molar-refractivity contribution in [2.75, 3.05) is 0 Å². The first-order valence-corrected chi connectivity index (χ1v) is 8.46. The Balaban J connectivity index is 1.62. The monoisotopic (exact) mass is 280 g/mol. The summed E-state index contributed by atoms with van der Waals surface area (Å²) in [7, 11) is -3.33. The molecule has 2 aliphatic carbocycles. The molecule has 0 radical (unpaired) electrons. The molecule has 2 fully saturated rings. The van der Waals surface area contributed by atoms with E-state index in [1.807, 2.05) is 12.1 Å². The van der Waals surface area contributed by atoms with Gasteiger partial charge in [-0.2, -0.15) is 0 Å². The summed E-state index contributed by atoms with van der Waals surface area (Å²) in [5.41, 5.74) is 1.13. The Morgan fingerprint density at radius 2 is 1.68 bits per heavy atom. The van der Waals surface area contributed by atoms with Gasteiger partial charge in [0.1, 0.15) is 0 Å². The van der Waals surface area contributed by atoms with E-state index in [0.717, 1.165) is 31.4 Å². The van der Waals surface area contributed by atoms with E-state index in [1.165, 1.54) is 12.8 Å². The quantitative estimate of drug-likeness (QED) is 0.835. The summed E-state index contributed by atoms with van der Waals surface area (Å²) in [6, 6.07) is 8.00. The van der Waals surface area contributed by atoms with Crippen molar-refractivity contribution in [1.82, 2.24) is 10.0 Å². The van der Waals surface area contributed by atoms with Crippen LogP contribution in [0.5, 0.6) is 0 Å².